The Bertz CT molecular complexity index is 1350. The first-order chi connectivity index (χ1) is 13.8. The first-order valence-electron chi connectivity index (χ1n) is 9.08. The van der Waals surface area contributed by atoms with E-state index >= 15 is 0 Å². The van der Waals surface area contributed by atoms with Gasteiger partial charge in [-0.3, -0.25) is 0 Å². The van der Waals surface area contributed by atoms with Crippen LogP contribution in [0.4, 0.5) is 0 Å². The second kappa shape index (κ2) is 7.12. The fourth-order valence-corrected chi connectivity index (χ4v) is 5.47. The molecule has 0 aliphatic rings. The van der Waals surface area contributed by atoms with Gasteiger partial charge in [0.15, 0.2) is 0 Å². The summed E-state index contributed by atoms with van der Waals surface area (Å²) in [4.78, 5) is 13.4. The zero-order valence-electron chi connectivity index (χ0n) is 15.0. The Balaban J connectivity index is 1.84. The molecule has 0 N–H and O–H groups in total. The Morgan fingerprint density at radius 1 is 0.643 bits per heavy atom. The number of hydrogen-bond donors (Lipinski definition) is 0. The second-order valence-electron chi connectivity index (χ2n) is 6.53. The van der Waals surface area contributed by atoms with Crippen LogP contribution in [0.25, 0.3) is 33.1 Å². The van der Waals surface area contributed by atoms with Crippen LogP contribution in [0.3, 0.4) is 0 Å². The van der Waals surface area contributed by atoms with Gasteiger partial charge in [-0.2, -0.15) is 0 Å². The van der Waals surface area contributed by atoms with Crippen LogP contribution >= 0.6 is 0 Å². The molecular weight excluding hydrogens is 411 g/mol. The molecule has 0 unspecified atom stereocenters. The Kier molecular flexibility index (Phi) is 4.32. The molecule has 1 heterocycles. The van der Waals surface area contributed by atoms with Crippen molar-refractivity contribution in [2.75, 3.05) is 0 Å². The summed E-state index contributed by atoms with van der Waals surface area (Å²) in [6, 6.07) is 32.0. The predicted molar refractivity (Wildman–Crippen MR) is 117 cm³/mol. The molecular formula is C25H16O2Se. The van der Waals surface area contributed by atoms with E-state index in [0.717, 1.165) is 25.3 Å². The fraction of sp³-hybridized carbons (Fsp3) is 0. The van der Waals surface area contributed by atoms with Gasteiger partial charge < -0.3 is 0 Å². The van der Waals surface area contributed by atoms with E-state index < -0.39 is 0 Å². The van der Waals surface area contributed by atoms with Crippen LogP contribution in [0.1, 0.15) is 0 Å². The van der Waals surface area contributed by atoms with E-state index in [1.165, 1.54) is 0 Å². The van der Waals surface area contributed by atoms with Gasteiger partial charge in [0.1, 0.15) is 0 Å². The average Bonchev–Trinajstić information content (AvgIpc) is 2.76. The van der Waals surface area contributed by atoms with Gasteiger partial charge in [-0.05, 0) is 0 Å². The molecule has 2 nitrogen and oxygen atoms in total. The maximum atomic E-state index is 13.4. The second-order valence-corrected chi connectivity index (χ2v) is 8.80. The van der Waals surface area contributed by atoms with Gasteiger partial charge in [-0.25, -0.2) is 0 Å². The molecule has 0 amide bonds. The summed E-state index contributed by atoms with van der Waals surface area (Å²) in [5, 5.41) is 2.86. The summed E-state index contributed by atoms with van der Waals surface area (Å²) >= 11 is -0.155. The van der Waals surface area contributed by atoms with Crippen LogP contribution in [0.2, 0.25) is 0 Å². The van der Waals surface area contributed by atoms with Crippen molar-refractivity contribution >= 4 is 45.6 Å². The van der Waals surface area contributed by atoms with Crippen molar-refractivity contribution in [3.05, 3.63) is 107 Å². The van der Waals surface area contributed by atoms with Crippen molar-refractivity contribution in [3.8, 4) is 11.3 Å². The van der Waals surface area contributed by atoms with Crippen molar-refractivity contribution < 1.29 is 4.42 Å². The summed E-state index contributed by atoms with van der Waals surface area (Å²) < 4.78 is 8.27. The number of rotatable bonds is 3. The van der Waals surface area contributed by atoms with E-state index in [4.69, 9.17) is 4.42 Å². The monoisotopic (exact) mass is 428 g/mol. The van der Waals surface area contributed by atoms with Gasteiger partial charge in [0, 0.05) is 0 Å². The van der Waals surface area contributed by atoms with Crippen LogP contribution in [-0.2, 0) is 0 Å². The molecule has 0 fully saturated rings. The Morgan fingerprint density at radius 3 is 2.18 bits per heavy atom. The molecule has 134 valence electrons. The molecule has 5 aromatic rings. The van der Waals surface area contributed by atoms with E-state index in [9.17, 15) is 4.79 Å². The molecule has 0 bridgehead atoms. The minimum absolute atomic E-state index is 0.0636. The van der Waals surface area contributed by atoms with Crippen molar-refractivity contribution in [3.63, 3.8) is 0 Å². The molecule has 0 atom stereocenters. The molecule has 0 saturated heterocycles. The van der Waals surface area contributed by atoms with Crippen LogP contribution < -0.4 is 14.4 Å². The Hall–Kier alpha value is -3.13. The summed E-state index contributed by atoms with van der Waals surface area (Å²) in [6.07, 6.45) is 0. The minimum atomic E-state index is -0.155. The van der Waals surface area contributed by atoms with Gasteiger partial charge in [-0.15, -0.1) is 0 Å². The molecule has 0 saturated carbocycles. The first-order valence-corrected chi connectivity index (χ1v) is 10.8. The molecule has 4 aromatic carbocycles. The van der Waals surface area contributed by atoms with Crippen LogP contribution in [0.5, 0.6) is 0 Å². The van der Waals surface area contributed by atoms with E-state index in [2.05, 4.69) is 30.3 Å². The number of fused-ring (bicyclic) bond motifs is 2. The van der Waals surface area contributed by atoms with E-state index in [0.29, 0.717) is 16.7 Å². The van der Waals surface area contributed by atoms with Crippen LogP contribution in [0, 0.1) is 0 Å². The van der Waals surface area contributed by atoms with E-state index in [-0.39, 0.29) is 20.4 Å². The van der Waals surface area contributed by atoms with Crippen LogP contribution in [-0.4, -0.2) is 15.0 Å². The molecule has 0 radical (unpaired) electrons. The standard InChI is InChI=1S/C25H16O2Se/c26-23-21-14-6-7-16-22(21)27-24(25(23)28-18-11-2-1-3-12-18)20-15-8-10-17-9-4-5-13-19(17)20/h1-16H. The quantitative estimate of drug-likeness (QED) is 0.403. The third-order valence-corrected chi connectivity index (χ3v) is 7.03. The van der Waals surface area contributed by atoms with Crippen LogP contribution in [0.15, 0.2) is 106 Å². The van der Waals surface area contributed by atoms with E-state index in [1.54, 1.807) is 0 Å². The van der Waals surface area contributed by atoms with E-state index in [1.807, 2.05) is 66.7 Å². The zero-order valence-corrected chi connectivity index (χ0v) is 16.7. The molecule has 1 aromatic heterocycles. The Labute approximate surface area is 168 Å². The molecule has 0 aliphatic carbocycles. The molecule has 0 aliphatic heterocycles. The fourth-order valence-electron chi connectivity index (χ4n) is 3.42. The van der Waals surface area contributed by atoms with Crippen molar-refractivity contribution in [2.24, 2.45) is 0 Å². The number of para-hydroxylation sites is 1. The van der Waals surface area contributed by atoms with Gasteiger partial charge in [0.25, 0.3) is 0 Å². The molecule has 5 rings (SSSR count). The summed E-state index contributed by atoms with van der Waals surface area (Å²) in [6.45, 7) is 0. The topological polar surface area (TPSA) is 30.2 Å². The third kappa shape index (κ3) is 2.95. The summed E-state index contributed by atoms with van der Waals surface area (Å²) in [5.41, 5.74) is 1.66. The van der Waals surface area contributed by atoms with Gasteiger partial charge in [-0.1, -0.05) is 0 Å². The normalized spacial score (nSPS) is 11.1. The average molecular weight is 427 g/mol. The molecule has 3 heteroatoms. The van der Waals surface area contributed by atoms with Crippen molar-refractivity contribution in [1.82, 2.24) is 0 Å². The third-order valence-electron chi connectivity index (χ3n) is 4.75. The molecule has 0 spiro atoms. The summed E-state index contributed by atoms with van der Waals surface area (Å²) in [5.74, 6) is 0.685. The van der Waals surface area contributed by atoms with Gasteiger partial charge >= 0.3 is 169 Å². The van der Waals surface area contributed by atoms with Gasteiger partial charge in [0.05, 0.1) is 0 Å². The Morgan fingerprint density at radius 2 is 1.32 bits per heavy atom. The predicted octanol–water partition coefficient (Wildman–Crippen LogP) is 4.27. The molecule has 28 heavy (non-hydrogen) atoms. The van der Waals surface area contributed by atoms with Gasteiger partial charge in [0.2, 0.25) is 0 Å². The first kappa shape index (κ1) is 17.0. The zero-order chi connectivity index (χ0) is 18.9. The maximum absolute atomic E-state index is 13.4. The van der Waals surface area contributed by atoms with Crippen molar-refractivity contribution in [1.29, 1.82) is 0 Å². The summed E-state index contributed by atoms with van der Waals surface area (Å²) in [7, 11) is 0. The van der Waals surface area contributed by atoms with Crippen molar-refractivity contribution in [2.45, 2.75) is 0 Å². The number of hydrogen-bond acceptors (Lipinski definition) is 2. The number of benzene rings is 4. The SMILES string of the molecule is O=c1c([Se]c2ccccc2)c(-c2cccc3ccccc23)oc2ccccc12.